The molecule has 0 amide bonds. The van der Waals surface area contributed by atoms with Gasteiger partial charge >= 0.3 is 0 Å². The monoisotopic (exact) mass is 233 g/mol. The molecule has 18 heavy (non-hydrogen) atoms. The van der Waals surface area contributed by atoms with Crippen molar-refractivity contribution in [1.82, 2.24) is 4.98 Å². The van der Waals surface area contributed by atoms with Gasteiger partial charge in [-0.2, -0.15) is 0 Å². The second-order valence-corrected chi connectivity index (χ2v) is 4.42. The molecule has 1 heteroatoms. The summed E-state index contributed by atoms with van der Waals surface area (Å²) in [7, 11) is 0. The number of benzene rings is 1. The van der Waals surface area contributed by atoms with Crippen LogP contribution in [0.5, 0.6) is 0 Å². The van der Waals surface area contributed by atoms with E-state index in [-0.39, 0.29) is 0 Å². The molecule has 1 aromatic carbocycles. The highest BCUT2D eigenvalue weighted by Crippen LogP contribution is 2.30. The Morgan fingerprint density at radius 1 is 0.833 bits per heavy atom. The molecule has 1 aliphatic carbocycles. The minimum atomic E-state index is 1.14. The fourth-order valence-electron chi connectivity index (χ4n) is 2.33. The Labute approximate surface area is 108 Å². The van der Waals surface area contributed by atoms with E-state index in [4.69, 9.17) is 0 Å². The highest BCUT2D eigenvalue weighted by Gasteiger charge is 2.08. The first kappa shape index (κ1) is 11.0. The highest BCUT2D eigenvalue weighted by atomic mass is 14.6. The molecule has 3 rings (SSSR count). The second kappa shape index (κ2) is 5.01. The van der Waals surface area contributed by atoms with Crippen molar-refractivity contribution in [2.75, 3.05) is 0 Å². The van der Waals surface area contributed by atoms with Gasteiger partial charge in [0, 0.05) is 12.4 Å². The van der Waals surface area contributed by atoms with Crippen LogP contribution in [-0.4, -0.2) is 4.98 Å². The summed E-state index contributed by atoms with van der Waals surface area (Å²) in [4.78, 5) is 4.08. The standard InChI is InChI=1S/C17H15N/c1-2-6-14(7-3-1)16-8-4-5-9-17(16)15-10-12-18-13-11-15/h2,4-13H,1,3H2. The first-order valence-corrected chi connectivity index (χ1v) is 6.31. The Morgan fingerprint density at radius 2 is 1.61 bits per heavy atom. The summed E-state index contributed by atoms with van der Waals surface area (Å²) in [5.74, 6) is 0. The second-order valence-electron chi connectivity index (χ2n) is 4.42. The summed E-state index contributed by atoms with van der Waals surface area (Å²) < 4.78 is 0. The van der Waals surface area contributed by atoms with E-state index in [1.165, 1.54) is 22.3 Å². The molecule has 1 nitrogen and oxygen atoms in total. The third kappa shape index (κ3) is 2.12. The van der Waals surface area contributed by atoms with Crippen molar-refractivity contribution in [3.8, 4) is 11.1 Å². The van der Waals surface area contributed by atoms with Gasteiger partial charge < -0.3 is 0 Å². The number of hydrogen-bond acceptors (Lipinski definition) is 1. The predicted molar refractivity (Wildman–Crippen MR) is 76.0 cm³/mol. The van der Waals surface area contributed by atoms with Crippen molar-refractivity contribution in [3.63, 3.8) is 0 Å². The predicted octanol–water partition coefficient (Wildman–Crippen LogP) is 4.48. The molecule has 2 aromatic rings. The SMILES string of the molecule is C1=CC(c2ccccc2-c2ccncc2)=CCC1. The normalized spacial score (nSPS) is 14.3. The van der Waals surface area contributed by atoms with Crippen LogP contribution in [0.2, 0.25) is 0 Å². The minimum absolute atomic E-state index is 1.14. The Hall–Kier alpha value is -2.15. The maximum Gasteiger partial charge on any atom is 0.0273 e. The van der Waals surface area contributed by atoms with Gasteiger partial charge in [0.15, 0.2) is 0 Å². The molecule has 0 unspecified atom stereocenters. The van der Waals surface area contributed by atoms with E-state index in [1.54, 1.807) is 0 Å². The van der Waals surface area contributed by atoms with Crippen molar-refractivity contribution in [1.29, 1.82) is 0 Å². The van der Waals surface area contributed by atoms with Gasteiger partial charge in [0.25, 0.3) is 0 Å². The first-order chi connectivity index (χ1) is 8.95. The van der Waals surface area contributed by atoms with Gasteiger partial charge in [-0.25, -0.2) is 0 Å². The Morgan fingerprint density at radius 3 is 2.33 bits per heavy atom. The lowest BCUT2D eigenvalue weighted by atomic mass is 9.92. The van der Waals surface area contributed by atoms with E-state index < -0.39 is 0 Å². The zero-order valence-electron chi connectivity index (χ0n) is 10.2. The van der Waals surface area contributed by atoms with Crippen LogP contribution in [0.25, 0.3) is 16.7 Å². The zero-order chi connectivity index (χ0) is 12.2. The van der Waals surface area contributed by atoms with E-state index in [2.05, 4.69) is 59.6 Å². The van der Waals surface area contributed by atoms with Crippen LogP contribution in [0.4, 0.5) is 0 Å². The number of rotatable bonds is 2. The van der Waals surface area contributed by atoms with Gasteiger partial charge in [-0.3, -0.25) is 4.98 Å². The molecule has 0 fully saturated rings. The van der Waals surface area contributed by atoms with Crippen LogP contribution in [0.1, 0.15) is 18.4 Å². The quantitative estimate of drug-likeness (QED) is 0.745. The molecule has 0 radical (unpaired) electrons. The average molecular weight is 233 g/mol. The fourth-order valence-corrected chi connectivity index (χ4v) is 2.33. The summed E-state index contributed by atoms with van der Waals surface area (Å²) in [5, 5.41) is 0. The van der Waals surface area contributed by atoms with E-state index >= 15 is 0 Å². The molecule has 1 heterocycles. The third-order valence-electron chi connectivity index (χ3n) is 3.22. The molecule has 0 aliphatic heterocycles. The molecule has 1 aromatic heterocycles. The van der Waals surface area contributed by atoms with E-state index in [9.17, 15) is 0 Å². The molecule has 0 atom stereocenters. The molecule has 0 saturated heterocycles. The van der Waals surface area contributed by atoms with Crippen molar-refractivity contribution >= 4 is 5.57 Å². The van der Waals surface area contributed by atoms with Crippen molar-refractivity contribution in [2.24, 2.45) is 0 Å². The highest BCUT2D eigenvalue weighted by molar-refractivity contribution is 5.85. The average Bonchev–Trinajstić information content (AvgIpc) is 2.49. The number of hydrogen-bond donors (Lipinski definition) is 0. The number of aromatic nitrogens is 1. The van der Waals surface area contributed by atoms with E-state index in [0.717, 1.165) is 12.8 Å². The smallest absolute Gasteiger partial charge is 0.0273 e. The van der Waals surface area contributed by atoms with Crippen molar-refractivity contribution < 1.29 is 0 Å². The van der Waals surface area contributed by atoms with Gasteiger partial charge in [-0.1, -0.05) is 42.5 Å². The molecule has 0 N–H and O–H groups in total. The lowest BCUT2D eigenvalue weighted by molar-refractivity contribution is 1.04. The number of pyridine rings is 1. The van der Waals surface area contributed by atoms with Crippen molar-refractivity contribution in [3.05, 3.63) is 72.6 Å². The third-order valence-corrected chi connectivity index (χ3v) is 3.22. The van der Waals surface area contributed by atoms with E-state index in [1.807, 2.05) is 12.4 Å². The lowest BCUT2D eigenvalue weighted by Crippen LogP contribution is -1.90. The summed E-state index contributed by atoms with van der Waals surface area (Å²) in [6.45, 7) is 0. The maximum atomic E-state index is 4.08. The number of nitrogens with zero attached hydrogens (tertiary/aromatic N) is 1. The molecular weight excluding hydrogens is 218 g/mol. The van der Waals surface area contributed by atoms with Gasteiger partial charge in [-0.05, 0) is 47.2 Å². The first-order valence-electron chi connectivity index (χ1n) is 6.31. The Balaban J connectivity index is 2.11. The molecular formula is C17H15N. The van der Waals surface area contributed by atoms with Crippen LogP contribution < -0.4 is 0 Å². The molecule has 1 aliphatic rings. The lowest BCUT2D eigenvalue weighted by Gasteiger charge is -2.12. The summed E-state index contributed by atoms with van der Waals surface area (Å²) in [5.41, 5.74) is 5.13. The molecule has 0 spiro atoms. The van der Waals surface area contributed by atoms with Gasteiger partial charge in [0.2, 0.25) is 0 Å². The van der Waals surface area contributed by atoms with Crippen LogP contribution in [0.3, 0.4) is 0 Å². The molecule has 88 valence electrons. The topological polar surface area (TPSA) is 12.9 Å². The van der Waals surface area contributed by atoms with Crippen LogP contribution >= 0.6 is 0 Å². The van der Waals surface area contributed by atoms with E-state index in [0.29, 0.717) is 0 Å². The summed E-state index contributed by atoms with van der Waals surface area (Å²) in [6, 6.07) is 12.7. The van der Waals surface area contributed by atoms with Gasteiger partial charge in [0.05, 0.1) is 0 Å². The largest absolute Gasteiger partial charge is 0.265 e. The minimum Gasteiger partial charge on any atom is -0.265 e. The fraction of sp³-hybridized carbons (Fsp3) is 0.118. The van der Waals surface area contributed by atoms with Gasteiger partial charge in [0.1, 0.15) is 0 Å². The summed E-state index contributed by atoms with van der Waals surface area (Å²) in [6.07, 6.45) is 12.8. The van der Waals surface area contributed by atoms with Crippen molar-refractivity contribution in [2.45, 2.75) is 12.8 Å². The maximum absolute atomic E-state index is 4.08. The van der Waals surface area contributed by atoms with Crippen LogP contribution in [-0.2, 0) is 0 Å². The zero-order valence-corrected chi connectivity index (χ0v) is 10.2. The Kier molecular flexibility index (Phi) is 3.05. The summed E-state index contributed by atoms with van der Waals surface area (Å²) >= 11 is 0. The number of allylic oxidation sites excluding steroid dienone is 4. The van der Waals surface area contributed by atoms with Crippen LogP contribution in [0, 0.1) is 0 Å². The molecule has 0 bridgehead atoms. The molecule has 0 saturated carbocycles. The van der Waals surface area contributed by atoms with Gasteiger partial charge in [-0.15, -0.1) is 0 Å². The van der Waals surface area contributed by atoms with Crippen LogP contribution in [0.15, 0.2) is 67.0 Å². The Bertz CT molecular complexity index is 594.